The first-order valence-electron chi connectivity index (χ1n) is 6.78. The van der Waals surface area contributed by atoms with Crippen LogP contribution in [0.15, 0.2) is 23.6 Å². The van der Waals surface area contributed by atoms with E-state index in [1.807, 2.05) is 0 Å². The Hall–Kier alpha value is -1.70. The molecule has 2 aromatic rings. The zero-order valence-corrected chi connectivity index (χ0v) is 14.6. The van der Waals surface area contributed by atoms with Crippen LogP contribution in [-0.2, 0) is 4.79 Å². The van der Waals surface area contributed by atoms with Crippen LogP contribution in [0.3, 0.4) is 0 Å². The molecule has 0 saturated carbocycles. The van der Waals surface area contributed by atoms with Crippen LogP contribution >= 0.6 is 23.7 Å². The molecule has 1 amide bonds. The van der Waals surface area contributed by atoms with E-state index in [2.05, 4.69) is 10.3 Å². The Morgan fingerprint density at radius 1 is 1.43 bits per heavy atom. The van der Waals surface area contributed by atoms with Crippen molar-refractivity contribution in [3.8, 4) is 17.0 Å². The Bertz CT molecular complexity index is 678. The summed E-state index contributed by atoms with van der Waals surface area (Å²) in [5.41, 5.74) is 6.91. The van der Waals surface area contributed by atoms with E-state index >= 15 is 0 Å². The fourth-order valence-corrected chi connectivity index (χ4v) is 2.47. The number of carbonyl (C=O) groups is 1. The average Bonchev–Trinajstić information content (AvgIpc) is 2.94. The second kappa shape index (κ2) is 8.24. The highest BCUT2D eigenvalue weighted by Gasteiger charge is 2.18. The number of carbonyl (C=O) groups excluding carboxylic acids is 1. The average molecular weight is 360 g/mol. The molecule has 0 bridgehead atoms. The van der Waals surface area contributed by atoms with Gasteiger partial charge in [-0.05, 0) is 25.1 Å². The molecular weight excluding hydrogens is 341 g/mol. The summed E-state index contributed by atoms with van der Waals surface area (Å²) in [5.74, 6) is -0.773. The van der Waals surface area contributed by atoms with Gasteiger partial charge in [-0.15, -0.1) is 23.7 Å². The molecule has 2 rings (SSSR count). The van der Waals surface area contributed by atoms with Gasteiger partial charge in [-0.2, -0.15) is 0 Å². The summed E-state index contributed by atoms with van der Waals surface area (Å²) in [5, 5.41) is 4.94. The first kappa shape index (κ1) is 19.3. The van der Waals surface area contributed by atoms with Crippen molar-refractivity contribution in [3.05, 3.63) is 29.4 Å². The van der Waals surface area contributed by atoms with Crippen molar-refractivity contribution in [2.24, 2.45) is 11.7 Å². The lowest BCUT2D eigenvalue weighted by Crippen LogP contribution is -2.34. The summed E-state index contributed by atoms with van der Waals surface area (Å²) in [6.07, 6.45) is 0. The third kappa shape index (κ3) is 4.63. The molecule has 0 radical (unpaired) electrons. The third-order valence-corrected chi connectivity index (χ3v) is 4.14. The van der Waals surface area contributed by atoms with Crippen molar-refractivity contribution >= 4 is 34.8 Å². The zero-order valence-electron chi connectivity index (χ0n) is 13.0. The molecule has 0 saturated heterocycles. The topological polar surface area (TPSA) is 77.2 Å². The minimum atomic E-state index is -0.454. The van der Waals surface area contributed by atoms with Crippen LogP contribution in [-0.4, -0.2) is 24.0 Å². The van der Waals surface area contributed by atoms with Crippen molar-refractivity contribution in [2.45, 2.75) is 19.9 Å². The summed E-state index contributed by atoms with van der Waals surface area (Å²) < 4.78 is 18.6. The standard InChI is InChI=1S/C15H18FN3O2S.ClH/c1-8(9(2)17)14(20)19-15-18-12(7-22-15)10-4-5-13(21-3)11(16)6-10;/h4-9H,17H2,1-3H3,(H,18,19,20);1H. The molecule has 8 heteroatoms. The lowest BCUT2D eigenvalue weighted by atomic mass is 10.0. The Morgan fingerprint density at radius 3 is 2.70 bits per heavy atom. The van der Waals surface area contributed by atoms with Gasteiger partial charge in [0.1, 0.15) is 0 Å². The van der Waals surface area contributed by atoms with Crippen molar-refractivity contribution in [3.63, 3.8) is 0 Å². The van der Waals surface area contributed by atoms with Gasteiger partial charge in [0, 0.05) is 17.0 Å². The van der Waals surface area contributed by atoms with Crippen molar-refractivity contribution in [2.75, 3.05) is 12.4 Å². The molecule has 5 nitrogen and oxygen atoms in total. The quantitative estimate of drug-likeness (QED) is 0.858. The minimum Gasteiger partial charge on any atom is -0.494 e. The van der Waals surface area contributed by atoms with Crippen molar-refractivity contribution < 1.29 is 13.9 Å². The summed E-state index contributed by atoms with van der Waals surface area (Å²) in [6, 6.07) is 4.37. The molecule has 3 N–H and O–H groups in total. The van der Waals surface area contributed by atoms with E-state index in [-0.39, 0.29) is 36.0 Å². The van der Waals surface area contributed by atoms with E-state index in [4.69, 9.17) is 10.5 Å². The lowest BCUT2D eigenvalue weighted by Gasteiger charge is -2.13. The fraction of sp³-hybridized carbons (Fsp3) is 0.333. The molecule has 0 spiro atoms. The number of anilines is 1. The van der Waals surface area contributed by atoms with Gasteiger partial charge >= 0.3 is 0 Å². The molecule has 2 unspecified atom stereocenters. The molecule has 0 fully saturated rings. The van der Waals surface area contributed by atoms with Gasteiger partial charge in [0.2, 0.25) is 5.91 Å². The predicted molar refractivity (Wildman–Crippen MR) is 92.8 cm³/mol. The molecular formula is C15H19ClFN3O2S. The molecule has 126 valence electrons. The summed E-state index contributed by atoms with van der Waals surface area (Å²) in [6.45, 7) is 3.53. The summed E-state index contributed by atoms with van der Waals surface area (Å²) in [4.78, 5) is 16.2. The Labute approximate surface area is 144 Å². The number of methoxy groups -OCH3 is 1. The number of nitrogens with two attached hydrogens (primary N) is 1. The van der Waals surface area contributed by atoms with Gasteiger partial charge < -0.3 is 15.8 Å². The molecule has 1 heterocycles. The molecule has 0 aliphatic rings. The largest absolute Gasteiger partial charge is 0.494 e. The highest BCUT2D eigenvalue weighted by molar-refractivity contribution is 7.14. The second-order valence-corrected chi connectivity index (χ2v) is 5.88. The Morgan fingerprint density at radius 2 is 2.13 bits per heavy atom. The predicted octanol–water partition coefficient (Wildman–Crippen LogP) is 3.30. The lowest BCUT2D eigenvalue weighted by molar-refractivity contribution is -0.119. The van der Waals surface area contributed by atoms with Crippen LogP contribution in [0.4, 0.5) is 9.52 Å². The number of halogens is 2. The number of rotatable bonds is 5. The number of hydrogen-bond acceptors (Lipinski definition) is 5. The van der Waals surface area contributed by atoms with Crippen LogP contribution in [0.25, 0.3) is 11.3 Å². The van der Waals surface area contributed by atoms with E-state index in [0.29, 0.717) is 16.4 Å². The number of hydrogen-bond donors (Lipinski definition) is 2. The van der Waals surface area contributed by atoms with Gasteiger partial charge in [0.15, 0.2) is 16.7 Å². The summed E-state index contributed by atoms with van der Waals surface area (Å²) >= 11 is 1.28. The SMILES string of the molecule is COc1ccc(-c2csc(NC(=O)C(C)C(C)N)n2)cc1F.Cl. The zero-order chi connectivity index (χ0) is 16.3. The van der Waals surface area contributed by atoms with Crippen molar-refractivity contribution in [1.29, 1.82) is 0 Å². The van der Waals surface area contributed by atoms with E-state index in [9.17, 15) is 9.18 Å². The summed E-state index contributed by atoms with van der Waals surface area (Å²) in [7, 11) is 1.41. The monoisotopic (exact) mass is 359 g/mol. The number of thiazole rings is 1. The molecule has 0 aliphatic heterocycles. The molecule has 1 aromatic heterocycles. The maximum Gasteiger partial charge on any atom is 0.230 e. The number of nitrogens with zero attached hydrogens (tertiary/aromatic N) is 1. The van der Waals surface area contributed by atoms with Crippen LogP contribution in [0.2, 0.25) is 0 Å². The molecule has 2 atom stereocenters. The molecule has 23 heavy (non-hydrogen) atoms. The highest BCUT2D eigenvalue weighted by Crippen LogP contribution is 2.28. The van der Waals surface area contributed by atoms with E-state index in [1.165, 1.54) is 24.5 Å². The first-order valence-corrected chi connectivity index (χ1v) is 7.66. The molecule has 1 aromatic carbocycles. The first-order chi connectivity index (χ1) is 10.4. The van der Waals surface area contributed by atoms with Gasteiger partial charge in [-0.1, -0.05) is 6.92 Å². The van der Waals surface area contributed by atoms with Gasteiger partial charge in [0.05, 0.1) is 18.7 Å². The fourth-order valence-electron chi connectivity index (χ4n) is 1.75. The van der Waals surface area contributed by atoms with Gasteiger partial charge in [-0.25, -0.2) is 9.37 Å². The highest BCUT2D eigenvalue weighted by atomic mass is 35.5. The van der Waals surface area contributed by atoms with E-state index < -0.39 is 5.82 Å². The third-order valence-electron chi connectivity index (χ3n) is 3.38. The Balaban J connectivity index is 0.00000264. The number of nitrogens with one attached hydrogen (secondary N) is 1. The second-order valence-electron chi connectivity index (χ2n) is 5.02. The Kier molecular flexibility index (Phi) is 6.93. The smallest absolute Gasteiger partial charge is 0.230 e. The van der Waals surface area contributed by atoms with Crippen molar-refractivity contribution in [1.82, 2.24) is 4.98 Å². The van der Waals surface area contributed by atoms with Gasteiger partial charge in [0.25, 0.3) is 0 Å². The normalized spacial score (nSPS) is 12.9. The van der Waals surface area contributed by atoms with Gasteiger partial charge in [-0.3, -0.25) is 4.79 Å². The van der Waals surface area contributed by atoms with Crippen LogP contribution in [0.5, 0.6) is 5.75 Å². The van der Waals surface area contributed by atoms with Crippen LogP contribution < -0.4 is 15.8 Å². The van der Waals surface area contributed by atoms with E-state index in [0.717, 1.165) is 0 Å². The number of aromatic nitrogens is 1. The maximum atomic E-state index is 13.7. The number of ether oxygens (including phenoxy) is 1. The minimum absolute atomic E-state index is 0. The van der Waals surface area contributed by atoms with Crippen LogP contribution in [0.1, 0.15) is 13.8 Å². The molecule has 0 aliphatic carbocycles. The van der Waals surface area contributed by atoms with E-state index in [1.54, 1.807) is 31.4 Å². The number of benzene rings is 1. The number of amides is 1. The van der Waals surface area contributed by atoms with Crippen LogP contribution in [0, 0.1) is 11.7 Å². The maximum absolute atomic E-state index is 13.7.